The number of anilines is 2. The monoisotopic (exact) mass is 465 g/mol. The van der Waals surface area contributed by atoms with Crippen molar-refractivity contribution in [3.05, 3.63) is 57.9 Å². The Balaban J connectivity index is 1.58. The average Bonchev–Trinajstić information content (AvgIpc) is 3.23. The highest BCUT2D eigenvalue weighted by atomic mass is 32.1. The highest BCUT2D eigenvalue weighted by Crippen LogP contribution is 2.37. The van der Waals surface area contributed by atoms with E-state index in [4.69, 9.17) is 9.47 Å². The molecule has 2 heterocycles. The second-order valence-corrected chi connectivity index (χ2v) is 9.10. The van der Waals surface area contributed by atoms with Crippen LogP contribution < -0.4 is 15.0 Å². The third-order valence-corrected chi connectivity index (χ3v) is 6.25. The second-order valence-electron chi connectivity index (χ2n) is 8.16. The number of hydrogen-bond acceptors (Lipinski definition) is 6. The standard InChI is InChI=1S/C25H27N3O4S/c1-15-9-16(2)11-19(10-15)26-23(29)13-28-21-12-18(5-6-22(21)32-17(3)25(28)30)20-14-33-24(27-20)7-8-31-4/h5-6,9-12,14,17H,7-8,13H2,1-4H3,(H,26,29). The van der Waals surface area contributed by atoms with E-state index >= 15 is 0 Å². The summed E-state index contributed by atoms with van der Waals surface area (Å²) in [6, 6.07) is 11.5. The maximum absolute atomic E-state index is 12.9. The van der Waals surface area contributed by atoms with Gasteiger partial charge in [-0.25, -0.2) is 4.98 Å². The fourth-order valence-corrected chi connectivity index (χ4v) is 4.66. The van der Waals surface area contributed by atoms with Crippen LogP contribution in [0, 0.1) is 13.8 Å². The van der Waals surface area contributed by atoms with E-state index in [0.29, 0.717) is 23.7 Å². The summed E-state index contributed by atoms with van der Waals surface area (Å²) >= 11 is 1.57. The van der Waals surface area contributed by atoms with E-state index in [2.05, 4.69) is 10.3 Å². The number of thiazole rings is 1. The maximum Gasteiger partial charge on any atom is 0.268 e. The van der Waals surface area contributed by atoms with Crippen molar-refractivity contribution in [2.75, 3.05) is 30.5 Å². The van der Waals surface area contributed by atoms with Crippen molar-refractivity contribution in [3.8, 4) is 17.0 Å². The quantitative estimate of drug-likeness (QED) is 0.561. The molecule has 0 bridgehead atoms. The minimum atomic E-state index is -0.669. The van der Waals surface area contributed by atoms with E-state index in [1.165, 1.54) is 4.90 Å². The summed E-state index contributed by atoms with van der Waals surface area (Å²) in [4.78, 5) is 32.0. The van der Waals surface area contributed by atoms with Gasteiger partial charge in [0.1, 0.15) is 12.3 Å². The molecular formula is C25H27N3O4S. The topological polar surface area (TPSA) is 80.8 Å². The van der Waals surface area contributed by atoms with Gasteiger partial charge in [0, 0.05) is 30.2 Å². The molecule has 33 heavy (non-hydrogen) atoms. The lowest BCUT2D eigenvalue weighted by molar-refractivity contribution is -0.127. The summed E-state index contributed by atoms with van der Waals surface area (Å²) in [5.41, 5.74) is 5.08. The van der Waals surface area contributed by atoms with Crippen LogP contribution in [0.4, 0.5) is 11.4 Å². The number of hydrogen-bond donors (Lipinski definition) is 1. The number of nitrogens with one attached hydrogen (secondary N) is 1. The summed E-state index contributed by atoms with van der Waals surface area (Å²) in [5, 5.41) is 5.88. The van der Waals surface area contributed by atoms with E-state index in [0.717, 1.165) is 33.8 Å². The van der Waals surface area contributed by atoms with Crippen molar-refractivity contribution in [3.63, 3.8) is 0 Å². The van der Waals surface area contributed by atoms with Gasteiger partial charge in [0.05, 0.1) is 23.0 Å². The first kappa shape index (κ1) is 22.9. The summed E-state index contributed by atoms with van der Waals surface area (Å²) in [6.45, 7) is 6.16. The lowest BCUT2D eigenvalue weighted by Crippen LogP contribution is -2.47. The Kier molecular flexibility index (Phi) is 6.76. The molecule has 1 atom stereocenters. The largest absolute Gasteiger partial charge is 0.479 e. The Morgan fingerprint density at radius 3 is 2.70 bits per heavy atom. The molecule has 0 fully saturated rings. The number of aryl methyl sites for hydroxylation is 2. The Bertz CT molecular complexity index is 1170. The lowest BCUT2D eigenvalue weighted by atomic mass is 10.1. The summed E-state index contributed by atoms with van der Waals surface area (Å²) in [5.74, 6) is 0.0449. The molecule has 0 saturated carbocycles. The van der Waals surface area contributed by atoms with Crippen molar-refractivity contribution in [2.45, 2.75) is 33.3 Å². The molecule has 1 N–H and O–H groups in total. The Morgan fingerprint density at radius 2 is 1.97 bits per heavy atom. The van der Waals surface area contributed by atoms with Gasteiger partial charge in [-0.05, 0) is 62.2 Å². The zero-order chi connectivity index (χ0) is 23.5. The number of methoxy groups -OCH3 is 1. The molecule has 1 aliphatic heterocycles. The number of carbonyl (C=O) groups excluding carboxylic acids is 2. The van der Waals surface area contributed by atoms with Crippen LogP contribution in [0.3, 0.4) is 0 Å². The average molecular weight is 466 g/mol. The Labute approximate surface area is 197 Å². The van der Waals surface area contributed by atoms with Crippen LogP contribution in [0.2, 0.25) is 0 Å². The van der Waals surface area contributed by atoms with Crippen molar-refractivity contribution >= 4 is 34.5 Å². The first-order valence-electron chi connectivity index (χ1n) is 10.8. The fraction of sp³-hybridized carbons (Fsp3) is 0.320. The predicted octanol–water partition coefficient (Wildman–Crippen LogP) is 4.37. The molecule has 2 aromatic carbocycles. The van der Waals surface area contributed by atoms with Gasteiger partial charge in [-0.2, -0.15) is 0 Å². The third-order valence-electron chi connectivity index (χ3n) is 5.34. The van der Waals surface area contributed by atoms with Gasteiger partial charge >= 0.3 is 0 Å². The van der Waals surface area contributed by atoms with Gasteiger partial charge in [0.25, 0.3) is 5.91 Å². The van der Waals surface area contributed by atoms with Crippen LogP contribution in [-0.4, -0.2) is 43.2 Å². The van der Waals surface area contributed by atoms with E-state index in [9.17, 15) is 9.59 Å². The van der Waals surface area contributed by atoms with Gasteiger partial charge in [-0.3, -0.25) is 14.5 Å². The first-order chi connectivity index (χ1) is 15.8. The smallest absolute Gasteiger partial charge is 0.268 e. The number of aromatic nitrogens is 1. The van der Waals surface area contributed by atoms with Gasteiger partial charge in [0.15, 0.2) is 6.10 Å². The predicted molar refractivity (Wildman–Crippen MR) is 130 cm³/mol. The summed E-state index contributed by atoms with van der Waals surface area (Å²) in [7, 11) is 1.67. The minimum Gasteiger partial charge on any atom is -0.479 e. The molecule has 1 unspecified atom stereocenters. The Morgan fingerprint density at radius 1 is 1.21 bits per heavy atom. The van der Waals surface area contributed by atoms with Crippen LogP contribution in [-0.2, 0) is 20.7 Å². The van der Waals surface area contributed by atoms with E-state index in [-0.39, 0.29) is 18.4 Å². The summed E-state index contributed by atoms with van der Waals surface area (Å²) in [6.07, 6.45) is 0.0768. The number of carbonyl (C=O) groups is 2. The molecule has 0 aliphatic carbocycles. The van der Waals surface area contributed by atoms with Gasteiger partial charge < -0.3 is 14.8 Å². The number of benzene rings is 2. The molecule has 1 aromatic heterocycles. The molecule has 7 nitrogen and oxygen atoms in total. The summed E-state index contributed by atoms with van der Waals surface area (Å²) < 4.78 is 10.9. The van der Waals surface area contributed by atoms with E-state index < -0.39 is 6.10 Å². The van der Waals surface area contributed by atoms with Crippen LogP contribution in [0.25, 0.3) is 11.3 Å². The number of amides is 2. The molecule has 0 saturated heterocycles. The molecule has 8 heteroatoms. The molecule has 4 rings (SSSR count). The molecule has 1 aliphatic rings. The van der Waals surface area contributed by atoms with E-state index in [1.54, 1.807) is 25.4 Å². The molecular weight excluding hydrogens is 438 g/mol. The molecule has 0 radical (unpaired) electrons. The van der Waals surface area contributed by atoms with E-state index in [1.807, 2.05) is 55.6 Å². The van der Waals surface area contributed by atoms with Gasteiger partial charge in [-0.15, -0.1) is 11.3 Å². The van der Waals surface area contributed by atoms with Gasteiger partial charge in [0.2, 0.25) is 5.91 Å². The number of fused-ring (bicyclic) bond motifs is 1. The van der Waals surface area contributed by atoms with Crippen molar-refractivity contribution in [1.82, 2.24) is 4.98 Å². The van der Waals surface area contributed by atoms with Gasteiger partial charge in [-0.1, -0.05) is 6.07 Å². The van der Waals surface area contributed by atoms with Crippen LogP contribution >= 0.6 is 11.3 Å². The minimum absolute atomic E-state index is 0.105. The van der Waals surface area contributed by atoms with Crippen molar-refractivity contribution in [1.29, 1.82) is 0 Å². The zero-order valence-corrected chi connectivity index (χ0v) is 20.0. The lowest BCUT2D eigenvalue weighted by Gasteiger charge is -2.32. The van der Waals surface area contributed by atoms with Crippen molar-refractivity contribution < 1.29 is 19.1 Å². The fourth-order valence-electron chi connectivity index (χ4n) is 3.87. The zero-order valence-electron chi connectivity index (χ0n) is 19.2. The van der Waals surface area contributed by atoms with Crippen molar-refractivity contribution in [2.24, 2.45) is 0 Å². The SMILES string of the molecule is COCCc1nc(-c2ccc3c(c2)N(CC(=O)Nc2cc(C)cc(C)c2)C(=O)C(C)O3)cs1. The number of nitrogens with zero attached hydrogens (tertiary/aromatic N) is 2. The van der Waals surface area contributed by atoms with Crippen LogP contribution in [0.15, 0.2) is 41.8 Å². The molecule has 0 spiro atoms. The first-order valence-corrected chi connectivity index (χ1v) is 11.7. The highest BCUT2D eigenvalue weighted by Gasteiger charge is 2.33. The van der Waals surface area contributed by atoms with Crippen LogP contribution in [0.1, 0.15) is 23.1 Å². The molecule has 3 aromatic rings. The number of rotatable bonds is 7. The third kappa shape index (κ3) is 5.23. The van der Waals surface area contributed by atoms with Crippen LogP contribution in [0.5, 0.6) is 5.75 Å². The highest BCUT2D eigenvalue weighted by molar-refractivity contribution is 7.09. The normalized spacial score (nSPS) is 15.2. The molecule has 2 amide bonds. The number of ether oxygens (including phenoxy) is 2. The maximum atomic E-state index is 12.9. The Hall–Kier alpha value is -3.23. The molecule has 172 valence electrons. The second kappa shape index (κ2) is 9.72.